The lowest BCUT2D eigenvalue weighted by atomic mass is 10.5. The van der Waals surface area contributed by atoms with E-state index in [1.54, 1.807) is 6.20 Å². The van der Waals surface area contributed by atoms with E-state index in [4.69, 9.17) is 9.84 Å². The Morgan fingerprint density at radius 2 is 2.40 bits per heavy atom. The van der Waals surface area contributed by atoms with Crippen LogP contribution in [0, 0.1) is 0 Å². The maximum atomic E-state index is 8.51. The minimum absolute atomic E-state index is 0.0710. The van der Waals surface area contributed by atoms with Crippen molar-refractivity contribution in [3.05, 3.63) is 12.4 Å². The number of nitrogens with one attached hydrogen (secondary N) is 1. The Morgan fingerprint density at radius 3 is 3.13 bits per heavy atom. The Kier molecular flexibility index (Phi) is 6.69. The van der Waals surface area contributed by atoms with Gasteiger partial charge in [0.1, 0.15) is 0 Å². The minimum atomic E-state index is 0.0710. The SMILES string of the molecule is OCCOCCn1cc(NCCI)cn1. The molecule has 0 spiro atoms. The molecule has 0 saturated carbocycles. The standard InChI is InChI=1S/C9H16IN3O2/c10-1-2-11-9-7-12-13(8-9)3-5-15-6-4-14/h7-8,11,14H,1-6H2. The molecule has 0 aromatic carbocycles. The van der Waals surface area contributed by atoms with Gasteiger partial charge in [0.2, 0.25) is 0 Å². The van der Waals surface area contributed by atoms with E-state index in [0.717, 1.165) is 16.7 Å². The number of rotatable bonds is 8. The van der Waals surface area contributed by atoms with Crippen molar-refractivity contribution in [2.75, 3.05) is 36.1 Å². The van der Waals surface area contributed by atoms with Gasteiger partial charge in [0, 0.05) is 17.2 Å². The van der Waals surface area contributed by atoms with Gasteiger partial charge < -0.3 is 15.2 Å². The summed E-state index contributed by atoms with van der Waals surface area (Å²) in [5.41, 5.74) is 1.04. The maximum Gasteiger partial charge on any atom is 0.0726 e. The van der Waals surface area contributed by atoms with Crippen molar-refractivity contribution in [3.63, 3.8) is 0 Å². The third-order valence-corrected chi connectivity index (χ3v) is 2.30. The number of hydrogen-bond acceptors (Lipinski definition) is 4. The molecular formula is C9H16IN3O2. The zero-order chi connectivity index (χ0) is 10.9. The summed E-state index contributed by atoms with van der Waals surface area (Å²) in [4.78, 5) is 0. The molecule has 0 amide bonds. The van der Waals surface area contributed by atoms with Crippen LogP contribution in [0.2, 0.25) is 0 Å². The number of hydrogen-bond donors (Lipinski definition) is 2. The van der Waals surface area contributed by atoms with Gasteiger partial charge in [-0.25, -0.2) is 0 Å². The van der Waals surface area contributed by atoms with Crippen LogP contribution in [0.25, 0.3) is 0 Å². The highest BCUT2D eigenvalue weighted by Gasteiger charge is 1.97. The molecule has 1 aromatic heterocycles. The molecule has 6 heteroatoms. The summed E-state index contributed by atoms with van der Waals surface area (Å²) < 4.78 is 8.04. The van der Waals surface area contributed by atoms with Crippen molar-refractivity contribution in [2.24, 2.45) is 0 Å². The van der Waals surface area contributed by atoms with Crippen molar-refractivity contribution >= 4 is 28.3 Å². The van der Waals surface area contributed by atoms with Crippen LogP contribution in [0.5, 0.6) is 0 Å². The lowest BCUT2D eigenvalue weighted by Crippen LogP contribution is -2.08. The molecule has 5 nitrogen and oxygen atoms in total. The largest absolute Gasteiger partial charge is 0.394 e. The van der Waals surface area contributed by atoms with Crippen LogP contribution in [0.3, 0.4) is 0 Å². The quantitative estimate of drug-likeness (QED) is 0.420. The monoisotopic (exact) mass is 325 g/mol. The van der Waals surface area contributed by atoms with Crippen molar-refractivity contribution < 1.29 is 9.84 Å². The maximum absolute atomic E-state index is 8.51. The van der Waals surface area contributed by atoms with Gasteiger partial charge in [-0.3, -0.25) is 4.68 Å². The number of halogens is 1. The molecule has 15 heavy (non-hydrogen) atoms. The predicted molar refractivity (Wildman–Crippen MR) is 67.5 cm³/mol. The Balaban J connectivity index is 2.20. The second-order valence-corrected chi connectivity index (χ2v) is 4.02. The van der Waals surface area contributed by atoms with E-state index < -0.39 is 0 Å². The molecule has 0 aliphatic carbocycles. The molecule has 2 N–H and O–H groups in total. The molecule has 0 atom stereocenters. The molecule has 0 saturated heterocycles. The second kappa shape index (κ2) is 7.89. The van der Waals surface area contributed by atoms with Crippen LogP contribution < -0.4 is 5.32 Å². The Morgan fingerprint density at radius 1 is 1.53 bits per heavy atom. The van der Waals surface area contributed by atoms with Gasteiger partial charge in [0.05, 0.1) is 38.2 Å². The highest BCUT2D eigenvalue weighted by molar-refractivity contribution is 14.1. The van der Waals surface area contributed by atoms with E-state index >= 15 is 0 Å². The van der Waals surface area contributed by atoms with E-state index in [-0.39, 0.29) is 6.61 Å². The van der Waals surface area contributed by atoms with E-state index in [9.17, 15) is 0 Å². The van der Waals surface area contributed by atoms with Crippen molar-refractivity contribution in [1.82, 2.24) is 9.78 Å². The van der Waals surface area contributed by atoms with Crippen LogP contribution in [-0.4, -0.2) is 45.7 Å². The fourth-order valence-electron chi connectivity index (χ4n) is 1.09. The fourth-order valence-corrected chi connectivity index (χ4v) is 1.36. The normalized spacial score (nSPS) is 10.5. The zero-order valence-corrected chi connectivity index (χ0v) is 10.7. The van der Waals surface area contributed by atoms with Crippen LogP contribution in [0.1, 0.15) is 0 Å². The third-order valence-electron chi connectivity index (χ3n) is 1.76. The second-order valence-electron chi connectivity index (χ2n) is 2.94. The molecule has 0 aliphatic rings. The number of anilines is 1. The molecule has 0 fully saturated rings. The summed E-state index contributed by atoms with van der Waals surface area (Å²) in [6.45, 7) is 2.70. The molecule has 1 heterocycles. The van der Waals surface area contributed by atoms with Gasteiger partial charge in [0.15, 0.2) is 0 Å². The third kappa shape index (κ3) is 5.33. The van der Waals surface area contributed by atoms with Gasteiger partial charge in [-0.15, -0.1) is 0 Å². The predicted octanol–water partition coefficient (Wildman–Crippen LogP) is 0.739. The highest BCUT2D eigenvalue weighted by Crippen LogP contribution is 2.04. The van der Waals surface area contributed by atoms with Crippen molar-refractivity contribution in [2.45, 2.75) is 6.54 Å². The van der Waals surface area contributed by atoms with Crippen molar-refractivity contribution in [1.29, 1.82) is 0 Å². The number of ether oxygens (including phenoxy) is 1. The highest BCUT2D eigenvalue weighted by atomic mass is 127. The number of alkyl halides is 1. The summed E-state index contributed by atoms with van der Waals surface area (Å²) in [6, 6.07) is 0. The first-order chi connectivity index (χ1) is 7.36. The summed E-state index contributed by atoms with van der Waals surface area (Å²) in [6.07, 6.45) is 3.76. The Labute approximate surface area is 103 Å². The molecule has 0 aliphatic heterocycles. The number of aliphatic hydroxyl groups excluding tert-OH is 1. The molecule has 0 bridgehead atoms. The van der Waals surface area contributed by atoms with Gasteiger partial charge in [-0.05, 0) is 0 Å². The molecule has 86 valence electrons. The van der Waals surface area contributed by atoms with Gasteiger partial charge in [0.25, 0.3) is 0 Å². The first-order valence-corrected chi connectivity index (χ1v) is 6.40. The summed E-state index contributed by atoms with van der Waals surface area (Å²) in [7, 11) is 0. The smallest absolute Gasteiger partial charge is 0.0726 e. The zero-order valence-electron chi connectivity index (χ0n) is 8.53. The Hall–Kier alpha value is -0.340. The van der Waals surface area contributed by atoms with Crippen LogP contribution in [-0.2, 0) is 11.3 Å². The topological polar surface area (TPSA) is 59.3 Å². The van der Waals surface area contributed by atoms with Crippen LogP contribution in [0.15, 0.2) is 12.4 Å². The van der Waals surface area contributed by atoms with Crippen molar-refractivity contribution in [3.8, 4) is 0 Å². The lowest BCUT2D eigenvalue weighted by molar-refractivity contribution is 0.0854. The van der Waals surface area contributed by atoms with Gasteiger partial charge >= 0.3 is 0 Å². The first-order valence-electron chi connectivity index (χ1n) is 4.87. The molecule has 1 rings (SSSR count). The van der Waals surface area contributed by atoms with E-state index in [2.05, 4.69) is 33.0 Å². The minimum Gasteiger partial charge on any atom is -0.394 e. The summed E-state index contributed by atoms with van der Waals surface area (Å²) in [5.74, 6) is 0. The number of nitrogens with zero attached hydrogens (tertiary/aromatic N) is 2. The number of aromatic nitrogens is 2. The van der Waals surface area contributed by atoms with Gasteiger partial charge in [-0.1, -0.05) is 22.6 Å². The van der Waals surface area contributed by atoms with E-state index in [1.807, 2.05) is 10.9 Å². The molecule has 1 aromatic rings. The van der Waals surface area contributed by atoms with E-state index in [0.29, 0.717) is 19.8 Å². The number of aliphatic hydroxyl groups is 1. The van der Waals surface area contributed by atoms with Gasteiger partial charge in [-0.2, -0.15) is 5.10 Å². The average molecular weight is 325 g/mol. The molecule has 0 radical (unpaired) electrons. The fraction of sp³-hybridized carbons (Fsp3) is 0.667. The summed E-state index contributed by atoms with van der Waals surface area (Å²) >= 11 is 2.32. The van der Waals surface area contributed by atoms with Crippen LogP contribution in [0.4, 0.5) is 5.69 Å². The summed E-state index contributed by atoms with van der Waals surface area (Å²) in [5, 5.41) is 15.9. The average Bonchev–Trinajstić information content (AvgIpc) is 2.69. The Bertz CT molecular complexity index is 268. The van der Waals surface area contributed by atoms with Crippen LogP contribution >= 0.6 is 22.6 Å². The molecular weight excluding hydrogens is 309 g/mol. The van der Waals surface area contributed by atoms with E-state index in [1.165, 1.54) is 0 Å². The molecule has 0 unspecified atom stereocenters. The first kappa shape index (κ1) is 12.7. The lowest BCUT2D eigenvalue weighted by Gasteiger charge is -2.02.